The van der Waals surface area contributed by atoms with Gasteiger partial charge in [-0.1, -0.05) is 6.07 Å². The maximum atomic E-state index is 12.6. The quantitative estimate of drug-likeness (QED) is 0.670. The summed E-state index contributed by atoms with van der Waals surface area (Å²) in [5.41, 5.74) is 0.983. The zero-order valence-corrected chi connectivity index (χ0v) is 16.4. The van der Waals surface area contributed by atoms with Crippen LogP contribution in [0, 0.1) is 0 Å². The lowest BCUT2D eigenvalue weighted by molar-refractivity contribution is -0.121. The molecule has 0 unspecified atom stereocenters. The van der Waals surface area contributed by atoms with Crippen molar-refractivity contribution in [3.63, 3.8) is 0 Å². The first kappa shape index (κ1) is 18.4. The van der Waals surface area contributed by atoms with Crippen LogP contribution in [0.5, 0.6) is 11.5 Å². The van der Waals surface area contributed by atoms with Gasteiger partial charge in [0.1, 0.15) is 12.1 Å². The van der Waals surface area contributed by atoms with E-state index in [4.69, 9.17) is 9.47 Å². The minimum atomic E-state index is 0.0217. The summed E-state index contributed by atoms with van der Waals surface area (Å²) in [6.45, 7) is 1.58. The van der Waals surface area contributed by atoms with Gasteiger partial charge in [-0.15, -0.1) is 0 Å². The molecule has 2 aromatic heterocycles. The second-order valence-electron chi connectivity index (χ2n) is 7.34. The Balaban J connectivity index is 1.21. The highest BCUT2D eigenvalue weighted by molar-refractivity contribution is 5.77. The van der Waals surface area contributed by atoms with Crippen molar-refractivity contribution < 1.29 is 14.3 Å². The van der Waals surface area contributed by atoms with Crippen molar-refractivity contribution in [2.45, 2.75) is 31.8 Å². The van der Waals surface area contributed by atoms with E-state index in [1.807, 2.05) is 30.5 Å². The Morgan fingerprint density at radius 2 is 2.13 bits per heavy atom. The third-order valence-electron chi connectivity index (χ3n) is 5.38. The SMILES string of the molecule is O=C(C[C@H]1CCCN1c1ccnc(-n2ccnc2)n1)NCc1ccc2c(c1)OCO2. The predicted molar refractivity (Wildman–Crippen MR) is 109 cm³/mol. The van der Waals surface area contributed by atoms with Crippen LogP contribution >= 0.6 is 0 Å². The average Bonchev–Trinajstić information content (AvgIpc) is 3.53. The molecular formula is C21H22N6O3. The first-order chi connectivity index (χ1) is 14.8. The van der Waals surface area contributed by atoms with Crippen molar-refractivity contribution in [1.82, 2.24) is 24.8 Å². The van der Waals surface area contributed by atoms with Gasteiger partial charge >= 0.3 is 0 Å². The van der Waals surface area contributed by atoms with E-state index in [-0.39, 0.29) is 18.7 Å². The van der Waals surface area contributed by atoms with Crippen molar-refractivity contribution in [3.8, 4) is 17.4 Å². The highest BCUT2D eigenvalue weighted by atomic mass is 16.7. The second-order valence-corrected chi connectivity index (χ2v) is 7.34. The number of imidazole rings is 1. The van der Waals surface area contributed by atoms with Gasteiger partial charge in [-0.05, 0) is 36.6 Å². The van der Waals surface area contributed by atoms with Crippen molar-refractivity contribution in [2.24, 2.45) is 0 Å². The molecule has 1 aromatic carbocycles. The van der Waals surface area contributed by atoms with Gasteiger partial charge in [0.25, 0.3) is 0 Å². The van der Waals surface area contributed by atoms with Crippen LogP contribution in [0.4, 0.5) is 5.82 Å². The minimum Gasteiger partial charge on any atom is -0.454 e. The Bertz CT molecular complexity index is 1040. The molecule has 0 radical (unpaired) electrons. The molecule has 1 saturated heterocycles. The minimum absolute atomic E-state index is 0.0217. The van der Waals surface area contributed by atoms with Crippen molar-refractivity contribution in [2.75, 3.05) is 18.2 Å². The largest absolute Gasteiger partial charge is 0.454 e. The Morgan fingerprint density at radius 1 is 1.20 bits per heavy atom. The van der Waals surface area contributed by atoms with Gasteiger partial charge in [0, 0.05) is 44.1 Å². The number of nitrogens with one attached hydrogen (secondary N) is 1. The summed E-state index contributed by atoms with van der Waals surface area (Å²) < 4.78 is 12.5. The summed E-state index contributed by atoms with van der Waals surface area (Å²) in [6.07, 6.45) is 9.33. The van der Waals surface area contributed by atoms with Crippen LogP contribution in [0.15, 0.2) is 49.2 Å². The number of benzene rings is 1. The molecule has 2 aliphatic heterocycles. The summed E-state index contributed by atoms with van der Waals surface area (Å²) >= 11 is 0. The van der Waals surface area contributed by atoms with Crippen molar-refractivity contribution in [1.29, 1.82) is 0 Å². The van der Waals surface area contributed by atoms with E-state index in [0.29, 0.717) is 18.9 Å². The first-order valence-corrected chi connectivity index (χ1v) is 9.99. The number of hydrogen-bond donors (Lipinski definition) is 1. The third-order valence-corrected chi connectivity index (χ3v) is 5.38. The van der Waals surface area contributed by atoms with Crippen LogP contribution in [-0.4, -0.2) is 44.8 Å². The zero-order chi connectivity index (χ0) is 20.3. The number of carbonyl (C=O) groups is 1. The number of ether oxygens (including phenoxy) is 2. The van der Waals surface area contributed by atoms with Crippen LogP contribution < -0.4 is 19.7 Å². The van der Waals surface area contributed by atoms with E-state index in [0.717, 1.165) is 42.3 Å². The number of nitrogens with zero attached hydrogens (tertiary/aromatic N) is 5. The lowest BCUT2D eigenvalue weighted by Gasteiger charge is -2.25. The summed E-state index contributed by atoms with van der Waals surface area (Å²) in [5.74, 6) is 2.89. The summed E-state index contributed by atoms with van der Waals surface area (Å²) in [4.78, 5) is 27.8. The molecule has 9 nitrogen and oxygen atoms in total. The highest BCUT2D eigenvalue weighted by Gasteiger charge is 2.28. The highest BCUT2D eigenvalue weighted by Crippen LogP contribution is 2.32. The van der Waals surface area contributed by atoms with Gasteiger partial charge in [0.05, 0.1) is 0 Å². The van der Waals surface area contributed by atoms with Gasteiger partial charge in [0.2, 0.25) is 18.6 Å². The van der Waals surface area contributed by atoms with Crippen LogP contribution in [0.3, 0.4) is 0 Å². The van der Waals surface area contributed by atoms with E-state index < -0.39 is 0 Å². The summed E-state index contributed by atoms with van der Waals surface area (Å²) in [6, 6.07) is 7.72. The molecule has 3 aromatic rings. The van der Waals surface area contributed by atoms with Crippen LogP contribution in [0.1, 0.15) is 24.8 Å². The molecule has 9 heteroatoms. The molecule has 0 bridgehead atoms. The zero-order valence-electron chi connectivity index (χ0n) is 16.4. The number of anilines is 1. The topological polar surface area (TPSA) is 94.4 Å². The van der Waals surface area contributed by atoms with Crippen LogP contribution in [-0.2, 0) is 11.3 Å². The molecule has 2 aliphatic rings. The molecule has 0 aliphatic carbocycles. The van der Waals surface area contributed by atoms with Crippen molar-refractivity contribution >= 4 is 11.7 Å². The molecule has 30 heavy (non-hydrogen) atoms. The Morgan fingerprint density at radius 3 is 3.03 bits per heavy atom. The fraction of sp³-hybridized carbons (Fsp3) is 0.333. The molecular weight excluding hydrogens is 384 g/mol. The molecule has 4 heterocycles. The summed E-state index contributed by atoms with van der Waals surface area (Å²) in [5, 5.41) is 3.02. The van der Waals surface area contributed by atoms with E-state index in [1.54, 1.807) is 23.3 Å². The van der Waals surface area contributed by atoms with Gasteiger partial charge in [-0.2, -0.15) is 4.98 Å². The fourth-order valence-corrected chi connectivity index (χ4v) is 3.89. The number of aromatic nitrogens is 4. The van der Waals surface area contributed by atoms with E-state index in [2.05, 4.69) is 25.2 Å². The second kappa shape index (κ2) is 8.02. The number of carbonyl (C=O) groups excluding carboxylic acids is 1. The number of fused-ring (bicyclic) bond motifs is 1. The number of hydrogen-bond acceptors (Lipinski definition) is 7. The lowest BCUT2D eigenvalue weighted by Crippen LogP contribution is -2.35. The van der Waals surface area contributed by atoms with Gasteiger partial charge in [-0.3, -0.25) is 9.36 Å². The van der Waals surface area contributed by atoms with Crippen LogP contribution in [0.25, 0.3) is 5.95 Å². The smallest absolute Gasteiger partial charge is 0.236 e. The fourth-order valence-electron chi connectivity index (χ4n) is 3.89. The molecule has 154 valence electrons. The van der Waals surface area contributed by atoms with Gasteiger partial charge < -0.3 is 19.7 Å². The number of rotatable bonds is 6. The molecule has 0 saturated carbocycles. The maximum Gasteiger partial charge on any atom is 0.236 e. The Kier molecular flexibility index (Phi) is 4.92. The number of amides is 1. The maximum absolute atomic E-state index is 12.6. The molecule has 0 spiro atoms. The normalized spacial score (nSPS) is 17.3. The van der Waals surface area contributed by atoms with Crippen molar-refractivity contribution in [3.05, 3.63) is 54.7 Å². The van der Waals surface area contributed by atoms with Gasteiger partial charge in [-0.25, -0.2) is 9.97 Å². The molecule has 5 rings (SSSR count). The van der Waals surface area contributed by atoms with E-state index in [1.165, 1.54) is 0 Å². The molecule has 1 fully saturated rings. The van der Waals surface area contributed by atoms with Gasteiger partial charge in [0.15, 0.2) is 11.5 Å². The van der Waals surface area contributed by atoms with Crippen LogP contribution in [0.2, 0.25) is 0 Å². The average molecular weight is 406 g/mol. The standard InChI is InChI=1S/C21H22N6O3/c28-20(24-12-15-3-4-17-18(10-15)30-14-29-17)11-16-2-1-8-27(16)19-5-6-23-21(25-19)26-9-7-22-13-26/h3-7,9-10,13,16H,1-2,8,11-12,14H2,(H,24,28)/t16-/m1/s1. The van der Waals surface area contributed by atoms with E-state index in [9.17, 15) is 4.79 Å². The lowest BCUT2D eigenvalue weighted by atomic mass is 10.1. The molecule has 1 amide bonds. The molecule has 1 atom stereocenters. The molecule has 1 N–H and O–H groups in total. The third kappa shape index (κ3) is 3.78. The first-order valence-electron chi connectivity index (χ1n) is 9.99. The Labute approximate surface area is 173 Å². The monoisotopic (exact) mass is 406 g/mol. The Hall–Kier alpha value is -3.62. The summed E-state index contributed by atoms with van der Waals surface area (Å²) in [7, 11) is 0. The van der Waals surface area contributed by atoms with E-state index >= 15 is 0 Å². The predicted octanol–water partition coefficient (Wildman–Crippen LogP) is 2.07.